The molecule has 0 saturated heterocycles. The number of carbonyl (C=O) groups excluding carboxylic acids is 1. The predicted octanol–water partition coefficient (Wildman–Crippen LogP) is 2.53. The Labute approximate surface area is 155 Å². The molecule has 26 heavy (non-hydrogen) atoms. The van der Waals surface area contributed by atoms with Gasteiger partial charge < -0.3 is 15.0 Å². The number of nitrogens with zero attached hydrogens (tertiary/aromatic N) is 1. The summed E-state index contributed by atoms with van der Waals surface area (Å²) in [5, 5.41) is 3.08. The van der Waals surface area contributed by atoms with E-state index in [-0.39, 0.29) is 23.8 Å². The molecule has 2 N–H and O–H groups in total. The minimum absolute atomic E-state index is 0.180. The maximum Gasteiger partial charge on any atom is 0.257 e. The Morgan fingerprint density at radius 1 is 1.38 bits per heavy atom. The van der Waals surface area contributed by atoms with Crippen LogP contribution in [-0.2, 0) is 4.79 Å². The van der Waals surface area contributed by atoms with Gasteiger partial charge in [-0.2, -0.15) is 0 Å². The number of thioether (sulfide) groups is 1. The first-order valence-electron chi connectivity index (χ1n) is 7.96. The topological polar surface area (TPSA) is 84.1 Å². The van der Waals surface area contributed by atoms with Gasteiger partial charge in [0.15, 0.2) is 5.16 Å². The van der Waals surface area contributed by atoms with E-state index in [9.17, 15) is 9.59 Å². The van der Waals surface area contributed by atoms with Gasteiger partial charge in [0.2, 0.25) is 5.91 Å². The fraction of sp³-hybridized carbons (Fsp3) is 0.211. The fourth-order valence-corrected chi connectivity index (χ4v) is 3.31. The van der Waals surface area contributed by atoms with Gasteiger partial charge in [-0.25, -0.2) is 4.98 Å². The summed E-state index contributed by atoms with van der Waals surface area (Å²) in [6, 6.07) is 7.32. The Bertz CT molecular complexity index is 929. The number of anilines is 1. The third-order valence-electron chi connectivity index (χ3n) is 3.87. The van der Waals surface area contributed by atoms with E-state index in [1.165, 1.54) is 11.8 Å². The van der Waals surface area contributed by atoms with E-state index >= 15 is 0 Å². The molecule has 0 aliphatic carbocycles. The van der Waals surface area contributed by atoms with E-state index in [4.69, 9.17) is 11.2 Å². The lowest BCUT2D eigenvalue weighted by molar-refractivity contribution is -0.116. The lowest BCUT2D eigenvalue weighted by Gasteiger charge is -2.24. The monoisotopic (exact) mass is 367 g/mol. The molecule has 1 atom stereocenters. The summed E-state index contributed by atoms with van der Waals surface area (Å²) in [6.45, 7) is 4.02. The van der Waals surface area contributed by atoms with Gasteiger partial charge in [0, 0.05) is 12.3 Å². The zero-order valence-electron chi connectivity index (χ0n) is 14.0. The van der Waals surface area contributed by atoms with Gasteiger partial charge in [0.05, 0.1) is 11.3 Å². The zero-order chi connectivity index (χ0) is 18.5. The van der Waals surface area contributed by atoms with Crippen molar-refractivity contribution < 1.29 is 9.53 Å². The van der Waals surface area contributed by atoms with Gasteiger partial charge in [-0.3, -0.25) is 9.59 Å². The highest BCUT2D eigenvalue weighted by Crippen LogP contribution is 2.35. The van der Waals surface area contributed by atoms with Crippen molar-refractivity contribution in [3.8, 4) is 18.1 Å². The first-order valence-corrected chi connectivity index (χ1v) is 8.95. The fourth-order valence-electron chi connectivity index (χ4n) is 2.77. The molecule has 0 radical (unpaired) electrons. The average molecular weight is 367 g/mol. The molecule has 0 saturated carbocycles. The molecule has 1 aliphatic heterocycles. The molecule has 0 spiro atoms. The number of hydrogen-bond donors (Lipinski definition) is 2. The molecule has 1 aliphatic rings. The highest BCUT2D eigenvalue weighted by atomic mass is 32.2. The molecule has 7 heteroatoms. The molecule has 2 aromatic rings. The number of terminal acetylenes is 1. The third kappa shape index (κ3) is 3.81. The van der Waals surface area contributed by atoms with E-state index < -0.39 is 0 Å². The van der Waals surface area contributed by atoms with Crippen LogP contribution < -0.4 is 15.6 Å². The van der Waals surface area contributed by atoms with Crippen LogP contribution in [0.15, 0.2) is 46.9 Å². The zero-order valence-corrected chi connectivity index (χ0v) is 14.8. The van der Waals surface area contributed by atoms with Crippen LogP contribution in [0.1, 0.15) is 23.5 Å². The average Bonchev–Trinajstić information content (AvgIpc) is 2.64. The maximum atomic E-state index is 12.6. The molecule has 6 nitrogen and oxygen atoms in total. The van der Waals surface area contributed by atoms with Crippen molar-refractivity contribution >= 4 is 23.5 Å². The standard InChI is InChI=1S/C19H17N3O3S/c1-3-9-25-13-7-5-12(6-8-13)14-11-15(23)20-17-16(14)18(24)22-19(21-17)26-10-4-2/h2-3,5-8,14H,1,9-11H2,(H2,20,21,22,23,24)/t14-/m1/s1. The molecule has 0 unspecified atom stereocenters. The summed E-state index contributed by atoms with van der Waals surface area (Å²) in [5.41, 5.74) is 1.03. The number of amides is 1. The Hall–Kier alpha value is -2.98. The summed E-state index contributed by atoms with van der Waals surface area (Å²) in [5.74, 6) is 3.30. The van der Waals surface area contributed by atoms with Crippen molar-refractivity contribution in [1.29, 1.82) is 0 Å². The van der Waals surface area contributed by atoms with Crippen molar-refractivity contribution in [2.24, 2.45) is 0 Å². The van der Waals surface area contributed by atoms with Crippen LogP contribution in [-0.4, -0.2) is 28.2 Å². The van der Waals surface area contributed by atoms with Crippen LogP contribution in [0.2, 0.25) is 0 Å². The summed E-state index contributed by atoms with van der Waals surface area (Å²) >= 11 is 1.24. The van der Waals surface area contributed by atoms with Gasteiger partial charge in [-0.15, -0.1) is 6.42 Å². The van der Waals surface area contributed by atoms with E-state index in [0.29, 0.717) is 34.6 Å². The number of aromatic nitrogens is 2. The molecule has 2 heterocycles. The molecule has 1 amide bonds. The lowest BCUT2D eigenvalue weighted by atomic mass is 9.87. The second-order valence-corrected chi connectivity index (χ2v) is 6.56. The van der Waals surface area contributed by atoms with Crippen LogP contribution >= 0.6 is 11.8 Å². The second-order valence-electron chi connectivity index (χ2n) is 5.60. The molecule has 0 bridgehead atoms. The smallest absolute Gasteiger partial charge is 0.257 e. The Morgan fingerprint density at radius 2 is 2.15 bits per heavy atom. The van der Waals surface area contributed by atoms with Gasteiger partial charge in [0.1, 0.15) is 18.2 Å². The van der Waals surface area contributed by atoms with E-state index in [2.05, 4.69) is 27.8 Å². The number of nitrogens with one attached hydrogen (secondary N) is 2. The second kappa shape index (κ2) is 7.93. The number of hydrogen-bond acceptors (Lipinski definition) is 5. The van der Waals surface area contributed by atoms with E-state index in [0.717, 1.165) is 5.56 Å². The van der Waals surface area contributed by atoms with Crippen molar-refractivity contribution in [3.05, 3.63) is 58.4 Å². The molecule has 0 fully saturated rings. The first-order chi connectivity index (χ1) is 12.6. The first kappa shape index (κ1) is 17.8. The number of ether oxygens (including phenoxy) is 1. The molecular formula is C19H17N3O3S. The van der Waals surface area contributed by atoms with Crippen LogP contribution in [0.4, 0.5) is 5.82 Å². The van der Waals surface area contributed by atoms with Crippen molar-refractivity contribution in [3.63, 3.8) is 0 Å². The molecule has 3 rings (SSSR count). The molecule has 1 aromatic heterocycles. The Kier molecular flexibility index (Phi) is 5.44. The van der Waals surface area contributed by atoms with Gasteiger partial charge in [0.25, 0.3) is 5.56 Å². The predicted molar refractivity (Wildman–Crippen MR) is 102 cm³/mol. The number of H-pyrrole nitrogens is 1. The van der Waals surface area contributed by atoms with Crippen LogP contribution in [0.3, 0.4) is 0 Å². The Balaban J connectivity index is 1.95. The van der Waals surface area contributed by atoms with Gasteiger partial charge in [-0.05, 0) is 17.7 Å². The number of aromatic amines is 1. The van der Waals surface area contributed by atoms with Crippen LogP contribution in [0.5, 0.6) is 5.75 Å². The highest BCUT2D eigenvalue weighted by Gasteiger charge is 2.30. The lowest BCUT2D eigenvalue weighted by Crippen LogP contribution is -2.31. The van der Waals surface area contributed by atoms with E-state index in [1.807, 2.05) is 24.3 Å². The summed E-state index contributed by atoms with van der Waals surface area (Å²) in [4.78, 5) is 31.8. The number of carbonyl (C=O) groups is 1. The summed E-state index contributed by atoms with van der Waals surface area (Å²) < 4.78 is 5.47. The van der Waals surface area contributed by atoms with Gasteiger partial charge >= 0.3 is 0 Å². The van der Waals surface area contributed by atoms with Crippen LogP contribution in [0.25, 0.3) is 0 Å². The minimum atomic E-state index is -0.366. The largest absolute Gasteiger partial charge is 0.490 e. The summed E-state index contributed by atoms with van der Waals surface area (Å²) in [6.07, 6.45) is 7.08. The normalized spacial score (nSPS) is 15.5. The minimum Gasteiger partial charge on any atom is -0.490 e. The molecule has 1 aromatic carbocycles. The maximum absolute atomic E-state index is 12.6. The molecular weight excluding hydrogens is 350 g/mol. The summed E-state index contributed by atoms with van der Waals surface area (Å²) in [7, 11) is 0. The highest BCUT2D eigenvalue weighted by molar-refractivity contribution is 7.99. The van der Waals surface area contributed by atoms with Crippen molar-refractivity contribution in [1.82, 2.24) is 9.97 Å². The van der Waals surface area contributed by atoms with Gasteiger partial charge in [-0.1, -0.05) is 42.5 Å². The quantitative estimate of drug-likeness (QED) is 0.355. The van der Waals surface area contributed by atoms with Crippen molar-refractivity contribution in [2.75, 3.05) is 17.7 Å². The van der Waals surface area contributed by atoms with Crippen LogP contribution in [0, 0.1) is 12.3 Å². The number of rotatable bonds is 6. The van der Waals surface area contributed by atoms with E-state index in [1.54, 1.807) is 6.08 Å². The number of fused-ring (bicyclic) bond motifs is 1. The SMILES string of the molecule is C#CCSc1nc2c(c(=O)[nH]1)[C@@H](c1ccc(OCC=C)cc1)CC(=O)N2. The molecule has 132 valence electrons. The Morgan fingerprint density at radius 3 is 2.85 bits per heavy atom. The third-order valence-corrected chi connectivity index (χ3v) is 4.65. The van der Waals surface area contributed by atoms with Crippen molar-refractivity contribution in [2.45, 2.75) is 17.5 Å². The number of benzene rings is 1.